The molecule has 0 radical (unpaired) electrons. The number of aromatic nitrogens is 3. The minimum atomic E-state index is -0.368. The maximum Gasteiger partial charge on any atom is 0.407 e. The van der Waals surface area contributed by atoms with E-state index in [0.29, 0.717) is 12.2 Å². The van der Waals surface area contributed by atoms with Gasteiger partial charge in [-0.3, -0.25) is 4.79 Å². The second-order valence-electron chi connectivity index (χ2n) is 9.41. The number of carbonyl (C=O) groups excluding carboxylic acids is 2. The molecule has 8 nitrogen and oxygen atoms in total. The minimum Gasteiger partial charge on any atom is -0.447 e. The molecule has 1 aliphatic rings. The van der Waals surface area contributed by atoms with Crippen LogP contribution in [-0.2, 0) is 21.5 Å². The first-order valence-corrected chi connectivity index (χ1v) is 11.6. The monoisotopic (exact) mass is 447 g/mol. The lowest BCUT2D eigenvalue weighted by molar-refractivity contribution is -0.115. The van der Waals surface area contributed by atoms with Crippen LogP contribution in [0.5, 0.6) is 0 Å². The molecule has 3 rings (SSSR count). The van der Waals surface area contributed by atoms with Crippen LogP contribution in [0.15, 0.2) is 12.3 Å². The summed E-state index contributed by atoms with van der Waals surface area (Å²) >= 11 is 1.53. The molecule has 2 heterocycles. The average Bonchev–Trinajstić information content (AvgIpc) is 3.34. The number of nitrogens with one attached hydrogen (secondary N) is 2. The lowest BCUT2D eigenvalue weighted by atomic mass is 10.0. The van der Waals surface area contributed by atoms with Gasteiger partial charge in [0.1, 0.15) is 5.82 Å². The zero-order chi connectivity index (χ0) is 22.8. The lowest BCUT2D eigenvalue weighted by Crippen LogP contribution is -2.34. The highest BCUT2D eigenvalue weighted by Crippen LogP contribution is 2.36. The smallest absolute Gasteiger partial charge is 0.407 e. The van der Waals surface area contributed by atoms with Gasteiger partial charge < -0.3 is 15.4 Å². The molecule has 170 valence electrons. The molecule has 0 spiro atoms. The maximum absolute atomic E-state index is 12.6. The number of aryl methyl sites for hydroxylation is 1. The van der Waals surface area contributed by atoms with E-state index in [0.717, 1.165) is 34.8 Å². The third-order valence-corrected chi connectivity index (χ3v) is 6.06. The van der Waals surface area contributed by atoms with E-state index in [-0.39, 0.29) is 35.6 Å². The van der Waals surface area contributed by atoms with Crippen molar-refractivity contribution >= 4 is 29.2 Å². The zero-order valence-corrected chi connectivity index (χ0v) is 20.0. The number of nitrogens with zero attached hydrogens (tertiary/aromatic N) is 3. The van der Waals surface area contributed by atoms with E-state index < -0.39 is 0 Å². The van der Waals surface area contributed by atoms with Gasteiger partial charge in [-0.25, -0.2) is 14.5 Å². The van der Waals surface area contributed by atoms with Gasteiger partial charge in [-0.05, 0) is 60.8 Å². The minimum absolute atomic E-state index is 0.0728. The van der Waals surface area contributed by atoms with Crippen LogP contribution in [-0.4, -0.2) is 38.9 Å². The zero-order valence-electron chi connectivity index (χ0n) is 19.2. The van der Waals surface area contributed by atoms with Gasteiger partial charge in [0, 0.05) is 29.1 Å². The second kappa shape index (κ2) is 9.38. The molecule has 0 bridgehead atoms. The van der Waals surface area contributed by atoms with Crippen molar-refractivity contribution in [1.29, 1.82) is 0 Å². The molecule has 1 saturated carbocycles. The highest BCUT2D eigenvalue weighted by Gasteiger charge is 2.31. The number of thiazole rings is 1. The highest BCUT2D eigenvalue weighted by atomic mass is 32.1. The van der Waals surface area contributed by atoms with Gasteiger partial charge in [0.25, 0.3) is 0 Å². The topological polar surface area (TPSA) is 98.1 Å². The lowest BCUT2D eigenvalue weighted by Gasteiger charge is -2.22. The van der Waals surface area contributed by atoms with Crippen molar-refractivity contribution in [3.05, 3.63) is 27.8 Å². The molecular weight excluding hydrogens is 414 g/mol. The van der Waals surface area contributed by atoms with Crippen LogP contribution < -0.4 is 10.6 Å². The van der Waals surface area contributed by atoms with Crippen molar-refractivity contribution in [2.45, 2.75) is 90.8 Å². The largest absolute Gasteiger partial charge is 0.447 e. The van der Waals surface area contributed by atoms with Crippen molar-refractivity contribution in [2.75, 3.05) is 5.32 Å². The predicted molar refractivity (Wildman–Crippen MR) is 122 cm³/mol. The van der Waals surface area contributed by atoms with Crippen LogP contribution in [0.25, 0.3) is 0 Å². The van der Waals surface area contributed by atoms with Gasteiger partial charge in [0.05, 0.1) is 28.8 Å². The van der Waals surface area contributed by atoms with E-state index in [9.17, 15) is 9.59 Å². The van der Waals surface area contributed by atoms with Crippen LogP contribution in [0.2, 0.25) is 0 Å². The molecule has 2 aromatic rings. The first kappa shape index (κ1) is 23.2. The van der Waals surface area contributed by atoms with Gasteiger partial charge in [-0.1, -0.05) is 0 Å². The van der Waals surface area contributed by atoms with E-state index in [1.807, 2.05) is 31.5 Å². The fraction of sp³-hybridized carbons (Fsp3) is 0.636. The summed E-state index contributed by atoms with van der Waals surface area (Å²) in [6, 6.07) is 2.05. The van der Waals surface area contributed by atoms with Gasteiger partial charge in [-0.2, -0.15) is 5.10 Å². The number of hydrogen-bond acceptors (Lipinski definition) is 6. The molecule has 2 unspecified atom stereocenters. The van der Waals surface area contributed by atoms with E-state index in [2.05, 4.69) is 36.4 Å². The quantitative estimate of drug-likeness (QED) is 0.686. The van der Waals surface area contributed by atoms with Crippen molar-refractivity contribution in [3.63, 3.8) is 0 Å². The Morgan fingerprint density at radius 2 is 2.06 bits per heavy atom. The van der Waals surface area contributed by atoms with E-state index in [4.69, 9.17) is 9.84 Å². The van der Waals surface area contributed by atoms with E-state index in [1.54, 1.807) is 6.20 Å². The van der Waals surface area contributed by atoms with Crippen molar-refractivity contribution in [3.8, 4) is 0 Å². The van der Waals surface area contributed by atoms with Crippen LogP contribution >= 0.6 is 11.3 Å². The average molecular weight is 448 g/mol. The molecule has 2 amide bonds. The summed E-state index contributed by atoms with van der Waals surface area (Å²) in [4.78, 5) is 29.7. The Hall–Kier alpha value is -2.42. The van der Waals surface area contributed by atoms with Gasteiger partial charge in [0.15, 0.2) is 0 Å². The van der Waals surface area contributed by atoms with Gasteiger partial charge in [0.2, 0.25) is 5.91 Å². The number of rotatable bonds is 6. The third kappa shape index (κ3) is 6.29. The summed E-state index contributed by atoms with van der Waals surface area (Å²) in [6.07, 6.45) is 4.16. The molecule has 1 fully saturated rings. The van der Waals surface area contributed by atoms with E-state index in [1.165, 1.54) is 11.3 Å². The molecule has 2 atom stereocenters. The molecule has 2 N–H and O–H groups in total. The molecule has 31 heavy (non-hydrogen) atoms. The Morgan fingerprint density at radius 3 is 2.68 bits per heavy atom. The Labute approximate surface area is 187 Å². The summed E-state index contributed by atoms with van der Waals surface area (Å²) in [5, 5.41) is 11.8. The number of hydrogen-bond donors (Lipinski definition) is 2. The first-order chi connectivity index (χ1) is 14.5. The number of ether oxygens (including phenoxy) is 1. The predicted octanol–water partition coefficient (Wildman–Crippen LogP) is 4.35. The summed E-state index contributed by atoms with van der Waals surface area (Å²) in [6.45, 7) is 11.8. The Balaban J connectivity index is 1.69. The summed E-state index contributed by atoms with van der Waals surface area (Å²) in [5.41, 5.74) is 0.666. The first-order valence-electron chi connectivity index (χ1n) is 10.8. The summed E-state index contributed by atoms with van der Waals surface area (Å²) < 4.78 is 7.08. The van der Waals surface area contributed by atoms with Gasteiger partial charge >= 0.3 is 6.09 Å². The molecule has 2 aromatic heterocycles. The maximum atomic E-state index is 12.6. The van der Waals surface area contributed by atoms with Crippen LogP contribution in [0, 0.1) is 6.92 Å². The molecule has 1 aliphatic carbocycles. The SMILES string of the molecule is Cc1ncc(CC(=O)Nc2cc(C3CCC(NC(=O)OC(C)C)C3)nn2C(C)(C)C)s1. The molecule has 9 heteroatoms. The molecule has 0 aliphatic heterocycles. The molecular formula is C22H33N5O3S. The Kier molecular flexibility index (Phi) is 7.03. The van der Waals surface area contributed by atoms with E-state index >= 15 is 0 Å². The number of anilines is 1. The van der Waals surface area contributed by atoms with Gasteiger partial charge in [-0.15, -0.1) is 11.3 Å². The molecule has 0 saturated heterocycles. The number of alkyl carbamates (subject to hydrolysis) is 1. The highest BCUT2D eigenvalue weighted by molar-refractivity contribution is 7.11. The number of carbonyl (C=O) groups is 2. The normalized spacial score (nSPS) is 18.9. The van der Waals surface area contributed by atoms with Crippen molar-refractivity contribution in [2.24, 2.45) is 0 Å². The summed E-state index contributed by atoms with van der Waals surface area (Å²) in [5.74, 6) is 0.847. The standard InChI is InChI=1S/C22H33N5O3S/c1-13(2)30-21(29)24-16-8-7-15(9-16)18-11-19(27(26-18)22(4,5)6)25-20(28)10-17-12-23-14(3)31-17/h11-13,15-16H,7-10H2,1-6H3,(H,24,29)(H,25,28). The van der Waals surface area contributed by atoms with Crippen LogP contribution in [0.1, 0.15) is 75.4 Å². The Morgan fingerprint density at radius 1 is 1.32 bits per heavy atom. The molecule has 0 aromatic carbocycles. The summed E-state index contributed by atoms with van der Waals surface area (Å²) in [7, 11) is 0. The van der Waals surface area contributed by atoms with Crippen molar-refractivity contribution in [1.82, 2.24) is 20.1 Å². The van der Waals surface area contributed by atoms with Crippen LogP contribution in [0.4, 0.5) is 10.6 Å². The number of amides is 2. The fourth-order valence-corrected chi connectivity index (χ4v) is 4.62. The fourth-order valence-electron chi connectivity index (χ4n) is 3.83. The third-order valence-electron chi connectivity index (χ3n) is 5.15. The van der Waals surface area contributed by atoms with Crippen LogP contribution in [0.3, 0.4) is 0 Å². The van der Waals surface area contributed by atoms with Crippen molar-refractivity contribution < 1.29 is 14.3 Å². The second-order valence-corrected chi connectivity index (χ2v) is 10.7. The Bertz CT molecular complexity index is 928.